The first kappa shape index (κ1) is 10.4. The number of piperidine rings is 2. The molecule has 0 spiro atoms. The van der Waals surface area contributed by atoms with Crippen molar-refractivity contribution in [1.82, 2.24) is 9.80 Å². The lowest BCUT2D eigenvalue weighted by molar-refractivity contribution is 0.0532. The van der Waals surface area contributed by atoms with Crippen LogP contribution in [-0.4, -0.2) is 49.6 Å². The monoisotopic (exact) mass is 196 g/mol. The van der Waals surface area contributed by atoms with E-state index >= 15 is 0 Å². The minimum absolute atomic E-state index is 1.00. The minimum atomic E-state index is 1.00. The summed E-state index contributed by atoms with van der Waals surface area (Å²) >= 11 is 0. The van der Waals surface area contributed by atoms with Crippen LogP contribution in [0, 0.1) is 11.8 Å². The lowest BCUT2D eigenvalue weighted by atomic mass is 9.80. The van der Waals surface area contributed by atoms with Gasteiger partial charge in [-0.2, -0.15) is 0 Å². The summed E-state index contributed by atoms with van der Waals surface area (Å²) in [6.07, 6.45) is 4.19. The Balaban J connectivity index is 1.85. The van der Waals surface area contributed by atoms with Gasteiger partial charge in [0.15, 0.2) is 0 Å². The van der Waals surface area contributed by atoms with Crippen molar-refractivity contribution >= 4 is 0 Å². The molecule has 0 aromatic heterocycles. The summed E-state index contributed by atoms with van der Waals surface area (Å²) < 4.78 is 0. The molecule has 82 valence electrons. The van der Waals surface area contributed by atoms with Crippen LogP contribution in [0.1, 0.15) is 26.2 Å². The summed E-state index contributed by atoms with van der Waals surface area (Å²) in [5.41, 5.74) is 0. The van der Waals surface area contributed by atoms with Crippen molar-refractivity contribution in [3.8, 4) is 0 Å². The van der Waals surface area contributed by atoms with Crippen LogP contribution >= 0.6 is 0 Å². The molecule has 2 fully saturated rings. The molecular weight excluding hydrogens is 172 g/mol. The van der Waals surface area contributed by atoms with E-state index in [1.54, 1.807) is 0 Å². The number of hydrogen-bond donors (Lipinski definition) is 0. The second-order valence-electron chi connectivity index (χ2n) is 5.16. The van der Waals surface area contributed by atoms with Crippen molar-refractivity contribution in [2.45, 2.75) is 26.2 Å². The van der Waals surface area contributed by atoms with Gasteiger partial charge in [0.05, 0.1) is 0 Å². The smallest absolute Gasteiger partial charge is 0.00133 e. The van der Waals surface area contributed by atoms with Gasteiger partial charge in [0.1, 0.15) is 0 Å². The first-order valence-electron chi connectivity index (χ1n) is 6.20. The van der Waals surface area contributed by atoms with Gasteiger partial charge in [-0.1, -0.05) is 6.92 Å². The number of fused-ring (bicyclic) bond motifs is 1. The van der Waals surface area contributed by atoms with Crippen molar-refractivity contribution in [2.75, 3.05) is 39.8 Å². The lowest BCUT2D eigenvalue weighted by Gasteiger charge is -2.44. The van der Waals surface area contributed by atoms with Gasteiger partial charge in [-0.15, -0.1) is 0 Å². The van der Waals surface area contributed by atoms with E-state index in [0.717, 1.165) is 11.8 Å². The predicted octanol–water partition coefficient (Wildman–Crippen LogP) is 1.67. The summed E-state index contributed by atoms with van der Waals surface area (Å²) in [5, 5.41) is 0. The Labute approximate surface area is 88.3 Å². The van der Waals surface area contributed by atoms with Crippen LogP contribution in [-0.2, 0) is 0 Å². The molecule has 0 aliphatic carbocycles. The van der Waals surface area contributed by atoms with Crippen LogP contribution in [0.15, 0.2) is 0 Å². The number of nitrogens with zero attached hydrogens (tertiary/aromatic N) is 2. The Morgan fingerprint density at radius 2 is 1.79 bits per heavy atom. The highest BCUT2D eigenvalue weighted by atomic mass is 15.2. The van der Waals surface area contributed by atoms with Gasteiger partial charge in [0.2, 0.25) is 0 Å². The zero-order valence-corrected chi connectivity index (χ0v) is 9.71. The summed E-state index contributed by atoms with van der Waals surface area (Å²) in [6.45, 7) is 9.01. The molecule has 2 nitrogen and oxygen atoms in total. The fourth-order valence-electron chi connectivity index (χ4n) is 3.12. The molecule has 2 aliphatic rings. The maximum absolute atomic E-state index is 2.67. The van der Waals surface area contributed by atoms with E-state index in [0.29, 0.717) is 0 Å². The molecule has 0 bridgehead atoms. The van der Waals surface area contributed by atoms with E-state index in [9.17, 15) is 0 Å². The average molecular weight is 196 g/mol. The lowest BCUT2D eigenvalue weighted by Crippen LogP contribution is -2.48. The zero-order valence-electron chi connectivity index (χ0n) is 9.71. The molecule has 2 rings (SSSR count). The van der Waals surface area contributed by atoms with E-state index in [2.05, 4.69) is 23.8 Å². The Morgan fingerprint density at radius 1 is 1.07 bits per heavy atom. The SMILES string of the molecule is CCCN1CCC2CN(C)CCC2C1. The first-order valence-corrected chi connectivity index (χ1v) is 6.20. The van der Waals surface area contributed by atoms with Gasteiger partial charge in [-0.25, -0.2) is 0 Å². The molecule has 0 N–H and O–H groups in total. The number of likely N-dealkylation sites (tertiary alicyclic amines) is 2. The van der Waals surface area contributed by atoms with E-state index in [1.165, 1.54) is 52.0 Å². The zero-order chi connectivity index (χ0) is 9.97. The van der Waals surface area contributed by atoms with Crippen molar-refractivity contribution in [2.24, 2.45) is 11.8 Å². The quantitative estimate of drug-likeness (QED) is 0.663. The van der Waals surface area contributed by atoms with Crippen molar-refractivity contribution in [1.29, 1.82) is 0 Å². The van der Waals surface area contributed by atoms with E-state index in [-0.39, 0.29) is 0 Å². The van der Waals surface area contributed by atoms with Crippen LogP contribution in [0.3, 0.4) is 0 Å². The molecule has 0 radical (unpaired) electrons. The van der Waals surface area contributed by atoms with Gasteiger partial charge in [-0.3, -0.25) is 0 Å². The highest BCUT2D eigenvalue weighted by Crippen LogP contribution is 2.30. The van der Waals surface area contributed by atoms with E-state index in [1.807, 2.05) is 0 Å². The van der Waals surface area contributed by atoms with Crippen LogP contribution in [0.2, 0.25) is 0 Å². The van der Waals surface area contributed by atoms with E-state index < -0.39 is 0 Å². The topological polar surface area (TPSA) is 6.48 Å². The molecule has 0 amide bonds. The molecule has 2 heterocycles. The van der Waals surface area contributed by atoms with Gasteiger partial charge >= 0.3 is 0 Å². The Kier molecular flexibility index (Phi) is 3.45. The third kappa shape index (κ3) is 2.29. The molecule has 0 saturated carbocycles. The van der Waals surface area contributed by atoms with E-state index in [4.69, 9.17) is 0 Å². The van der Waals surface area contributed by atoms with Gasteiger partial charge < -0.3 is 9.80 Å². The van der Waals surface area contributed by atoms with Crippen LogP contribution in [0.25, 0.3) is 0 Å². The molecule has 14 heavy (non-hydrogen) atoms. The standard InChI is InChI=1S/C12H24N2/c1-3-6-14-8-5-11-9-13(2)7-4-12(11)10-14/h11-12H,3-10H2,1-2H3. The molecule has 2 heteroatoms. The molecule has 0 aromatic rings. The van der Waals surface area contributed by atoms with Crippen LogP contribution in [0.5, 0.6) is 0 Å². The molecular formula is C12H24N2. The highest BCUT2D eigenvalue weighted by Gasteiger charge is 2.32. The number of hydrogen-bond acceptors (Lipinski definition) is 2. The average Bonchev–Trinajstić information content (AvgIpc) is 2.19. The largest absolute Gasteiger partial charge is 0.306 e. The highest BCUT2D eigenvalue weighted by molar-refractivity contribution is 4.85. The third-order valence-electron chi connectivity index (χ3n) is 3.94. The normalized spacial score (nSPS) is 35.6. The second-order valence-corrected chi connectivity index (χ2v) is 5.16. The molecule has 2 aliphatic heterocycles. The number of rotatable bonds is 2. The first-order chi connectivity index (χ1) is 6.79. The Bertz CT molecular complexity index is 181. The summed E-state index contributed by atoms with van der Waals surface area (Å²) in [7, 11) is 2.27. The van der Waals surface area contributed by atoms with Gasteiger partial charge in [0, 0.05) is 13.1 Å². The maximum atomic E-state index is 2.67. The fraction of sp³-hybridized carbons (Fsp3) is 1.00. The summed E-state index contributed by atoms with van der Waals surface area (Å²) in [5.74, 6) is 2.01. The summed E-state index contributed by atoms with van der Waals surface area (Å²) in [6, 6.07) is 0. The third-order valence-corrected chi connectivity index (χ3v) is 3.94. The minimum Gasteiger partial charge on any atom is -0.306 e. The van der Waals surface area contributed by atoms with Crippen LogP contribution in [0.4, 0.5) is 0 Å². The molecule has 2 saturated heterocycles. The fourth-order valence-corrected chi connectivity index (χ4v) is 3.12. The second kappa shape index (κ2) is 4.63. The molecule has 2 unspecified atom stereocenters. The maximum Gasteiger partial charge on any atom is 0.00133 e. The van der Waals surface area contributed by atoms with Crippen molar-refractivity contribution in [3.63, 3.8) is 0 Å². The Hall–Kier alpha value is -0.0800. The predicted molar refractivity (Wildman–Crippen MR) is 60.4 cm³/mol. The van der Waals surface area contributed by atoms with Gasteiger partial charge in [-0.05, 0) is 57.8 Å². The van der Waals surface area contributed by atoms with Crippen LogP contribution < -0.4 is 0 Å². The molecule has 0 aromatic carbocycles. The molecule has 2 atom stereocenters. The van der Waals surface area contributed by atoms with Gasteiger partial charge in [0.25, 0.3) is 0 Å². The van der Waals surface area contributed by atoms with Crippen molar-refractivity contribution < 1.29 is 0 Å². The van der Waals surface area contributed by atoms with Crippen molar-refractivity contribution in [3.05, 3.63) is 0 Å². The summed E-state index contributed by atoms with van der Waals surface area (Å²) in [4.78, 5) is 5.18. The Morgan fingerprint density at radius 3 is 2.57 bits per heavy atom.